The van der Waals surface area contributed by atoms with Gasteiger partial charge in [-0.05, 0) is 28.5 Å². The maximum atomic E-state index is 5.98. The highest BCUT2D eigenvalue weighted by molar-refractivity contribution is 14.1. The van der Waals surface area contributed by atoms with Gasteiger partial charge in [-0.3, -0.25) is 0 Å². The van der Waals surface area contributed by atoms with Gasteiger partial charge in [0.25, 0.3) is 0 Å². The molecule has 1 aromatic heterocycles. The number of halogens is 2. The summed E-state index contributed by atoms with van der Waals surface area (Å²) < 4.78 is 0.978. The first-order valence-electron chi connectivity index (χ1n) is 4.28. The van der Waals surface area contributed by atoms with Crippen molar-refractivity contribution < 1.29 is 0 Å². The van der Waals surface area contributed by atoms with Crippen LogP contribution < -0.4 is 0 Å². The lowest BCUT2D eigenvalue weighted by Gasteiger charge is -2.09. The molecule has 1 rings (SSSR count). The van der Waals surface area contributed by atoms with E-state index < -0.39 is 0 Å². The monoisotopic (exact) mass is 310 g/mol. The standard InChI is InChI=1S/C9H12ClIN2/c1-4-6-12-8(5(2)3)7(11)9(10)13-6/h5H,4H2,1-3H3. The van der Waals surface area contributed by atoms with Crippen LogP contribution in [0.4, 0.5) is 0 Å². The van der Waals surface area contributed by atoms with E-state index in [9.17, 15) is 0 Å². The summed E-state index contributed by atoms with van der Waals surface area (Å²) in [5, 5.41) is 0.580. The van der Waals surface area contributed by atoms with Crippen molar-refractivity contribution >= 4 is 34.2 Å². The molecular weight excluding hydrogens is 298 g/mol. The van der Waals surface area contributed by atoms with E-state index in [-0.39, 0.29) is 0 Å². The first-order valence-corrected chi connectivity index (χ1v) is 5.73. The molecule has 2 nitrogen and oxygen atoms in total. The number of aryl methyl sites for hydroxylation is 1. The van der Waals surface area contributed by atoms with Gasteiger partial charge in [0, 0.05) is 6.42 Å². The molecule has 0 aliphatic heterocycles. The second-order valence-corrected chi connectivity index (χ2v) is 4.57. The molecule has 0 unspecified atom stereocenters. The van der Waals surface area contributed by atoms with Crippen molar-refractivity contribution in [1.82, 2.24) is 9.97 Å². The Hall–Kier alpha value is 0.1000. The molecule has 0 aliphatic carbocycles. The molecule has 0 atom stereocenters. The van der Waals surface area contributed by atoms with Crippen LogP contribution in [0, 0.1) is 3.57 Å². The third kappa shape index (κ3) is 2.53. The fraction of sp³-hybridized carbons (Fsp3) is 0.556. The van der Waals surface area contributed by atoms with Gasteiger partial charge in [-0.25, -0.2) is 9.97 Å². The number of hydrogen-bond acceptors (Lipinski definition) is 2. The van der Waals surface area contributed by atoms with Gasteiger partial charge in [0.15, 0.2) is 0 Å². The van der Waals surface area contributed by atoms with E-state index in [1.165, 1.54) is 0 Å². The minimum Gasteiger partial charge on any atom is -0.236 e. The minimum atomic E-state index is 0.401. The molecule has 0 bridgehead atoms. The minimum absolute atomic E-state index is 0.401. The highest BCUT2D eigenvalue weighted by atomic mass is 127. The quantitative estimate of drug-likeness (QED) is 0.618. The van der Waals surface area contributed by atoms with Crippen LogP contribution in [0.2, 0.25) is 5.15 Å². The van der Waals surface area contributed by atoms with Crippen molar-refractivity contribution in [2.45, 2.75) is 33.1 Å². The van der Waals surface area contributed by atoms with Gasteiger partial charge < -0.3 is 0 Å². The molecular formula is C9H12ClIN2. The van der Waals surface area contributed by atoms with Crippen molar-refractivity contribution in [3.05, 3.63) is 20.2 Å². The molecule has 0 fully saturated rings. The first kappa shape index (κ1) is 11.2. The van der Waals surface area contributed by atoms with Gasteiger partial charge in [0.2, 0.25) is 0 Å². The number of hydrogen-bond donors (Lipinski definition) is 0. The van der Waals surface area contributed by atoms with Crippen LogP contribution in [0.5, 0.6) is 0 Å². The third-order valence-corrected chi connectivity index (χ3v) is 3.40. The maximum Gasteiger partial charge on any atom is 0.146 e. The Labute approximate surface area is 97.3 Å². The van der Waals surface area contributed by atoms with E-state index >= 15 is 0 Å². The first-order chi connectivity index (χ1) is 6.06. The Balaban J connectivity index is 3.25. The van der Waals surface area contributed by atoms with Crippen molar-refractivity contribution in [1.29, 1.82) is 0 Å². The normalized spacial score (nSPS) is 10.9. The van der Waals surface area contributed by atoms with Crippen LogP contribution in [-0.4, -0.2) is 9.97 Å². The molecule has 72 valence electrons. The zero-order valence-electron chi connectivity index (χ0n) is 7.93. The molecule has 0 aromatic carbocycles. The average Bonchev–Trinajstić information content (AvgIpc) is 2.09. The lowest BCUT2D eigenvalue weighted by molar-refractivity contribution is 0.778. The molecule has 0 aliphatic rings. The predicted octanol–water partition coefficient (Wildman–Crippen LogP) is 3.42. The Morgan fingerprint density at radius 1 is 1.38 bits per heavy atom. The summed E-state index contributed by atoms with van der Waals surface area (Å²) in [5.74, 6) is 1.23. The van der Waals surface area contributed by atoms with Gasteiger partial charge in [-0.2, -0.15) is 0 Å². The van der Waals surface area contributed by atoms with Crippen molar-refractivity contribution in [2.24, 2.45) is 0 Å². The van der Waals surface area contributed by atoms with E-state index in [1.54, 1.807) is 0 Å². The van der Waals surface area contributed by atoms with Gasteiger partial charge >= 0.3 is 0 Å². The Morgan fingerprint density at radius 3 is 2.46 bits per heavy atom. The highest BCUT2D eigenvalue weighted by Crippen LogP contribution is 2.24. The molecule has 13 heavy (non-hydrogen) atoms. The van der Waals surface area contributed by atoms with E-state index in [4.69, 9.17) is 11.6 Å². The molecule has 0 amide bonds. The number of nitrogens with zero attached hydrogens (tertiary/aromatic N) is 2. The lowest BCUT2D eigenvalue weighted by atomic mass is 10.1. The van der Waals surface area contributed by atoms with Crippen molar-refractivity contribution in [3.8, 4) is 0 Å². The van der Waals surface area contributed by atoms with E-state index in [0.29, 0.717) is 11.1 Å². The lowest BCUT2D eigenvalue weighted by Crippen LogP contribution is -2.04. The van der Waals surface area contributed by atoms with Crippen molar-refractivity contribution in [3.63, 3.8) is 0 Å². The zero-order chi connectivity index (χ0) is 10.0. The Morgan fingerprint density at radius 2 is 2.00 bits per heavy atom. The summed E-state index contributed by atoms with van der Waals surface area (Å²) in [4.78, 5) is 8.63. The zero-order valence-corrected chi connectivity index (χ0v) is 10.8. The summed E-state index contributed by atoms with van der Waals surface area (Å²) >= 11 is 8.18. The van der Waals surface area contributed by atoms with Crippen LogP contribution in [-0.2, 0) is 6.42 Å². The fourth-order valence-corrected chi connectivity index (χ4v) is 2.08. The summed E-state index contributed by atoms with van der Waals surface area (Å²) in [5.41, 5.74) is 1.05. The molecule has 0 N–H and O–H groups in total. The smallest absolute Gasteiger partial charge is 0.146 e. The second kappa shape index (κ2) is 4.55. The predicted molar refractivity (Wildman–Crippen MR) is 63.2 cm³/mol. The Kier molecular flexibility index (Phi) is 3.91. The molecule has 1 aromatic rings. The van der Waals surface area contributed by atoms with Crippen molar-refractivity contribution in [2.75, 3.05) is 0 Å². The van der Waals surface area contributed by atoms with Gasteiger partial charge in [0.1, 0.15) is 11.0 Å². The molecule has 0 spiro atoms. The van der Waals surface area contributed by atoms with Crippen LogP contribution in [0.15, 0.2) is 0 Å². The summed E-state index contributed by atoms with van der Waals surface area (Å²) in [6.45, 7) is 6.25. The topological polar surface area (TPSA) is 25.8 Å². The fourth-order valence-electron chi connectivity index (χ4n) is 1.02. The van der Waals surface area contributed by atoms with Gasteiger partial charge in [-0.15, -0.1) is 0 Å². The molecule has 4 heteroatoms. The average molecular weight is 311 g/mol. The summed E-state index contributed by atoms with van der Waals surface area (Å²) in [6.07, 6.45) is 0.830. The Bertz CT molecular complexity index is 313. The second-order valence-electron chi connectivity index (χ2n) is 3.14. The number of rotatable bonds is 2. The summed E-state index contributed by atoms with van der Waals surface area (Å²) in [7, 11) is 0. The third-order valence-electron chi connectivity index (χ3n) is 1.75. The maximum absolute atomic E-state index is 5.98. The van der Waals surface area contributed by atoms with Crippen LogP contribution in [0.3, 0.4) is 0 Å². The van der Waals surface area contributed by atoms with Crippen LogP contribution in [0.1, 0.15) is 38.2 Å². The molecule has 0 radical (unpaired) electrons. The largest absolute Gasteiger partial charge is 0.236 e. The van der Waals surface area contributed by atoms with E-state index in [0.717, 1.165) is 21.5 Å². The molecule has 0 saturated carbocycles. The van der Waals surface area contributed by atoms with Crippen LogP contribution in [0.25, 0.3) is 0 Å². The SMILES string of the molecule is CCc1nc(Cl)c(I)c(C(C)C)n1. The molecule has 0 saturated heterocycles. The van der Waals surface area contributed by atoms with E-state index in [1.807, 2.05) is 6.92 Å². The van der Waals surface area contributed by atoms with Crippen LogP contribution >= 0.6 is 34.2 Å². The summed E-state index contributed by atoms with van der Waals surface area (Å²) in [6, 6.07) is 0. The molecule has 1 heterocycles. The van der Waals surface area contributed by atoms with E-state index in [2.05, 4.69) is 46.4 Å². The number of aromatic nitrogens is 2. The highest BCUT2D eigenvalue weighted by Gasteiger charge is 2.12. The van der Waals surface area contributed by atoms with Gasteiger partial charge in [-0.1, -0.05) is 32.4 Å². The van der Waals surface area contributed by atoms with Gasteiger partial charge in [0.05, 0.1) is 9.26 Å².